The maximum atomic E-state index is 11.9. The summed E-state index contributed by atoms with van der Waals surface area (Å²) >= 11 is 0. The van der Waals surface area contributed by atoms with Gasteiger partial charge in [0, 0.05) is 25.7 Å². The predicted molar refractivity (Wildman–Crippen MR) is 76.5 cm³/mol. The molecule has 1 fully saturated rings. The average molecular weight is 290 g/mol. The highest BCUT2D eigenvalue weighted by Gasteiger charge is 2.23. The Morgan fingerprint density at radius 2 is 2.00 bits per heavy atom. The van der Waals surface area contributed by atoms with Crippen LogP contribution in [0.4, 0.5) is 0 Å². The first-order chi connectivity index (χ1) is 10.1. The molecule has 0 aliphatic carbocycles. The molecule has 2 rings (SSSR count). The topological polar surface area (TPSA) is 99.3 Å². The summed E-state index contributed by atoms with van der Waals surface area (Å²) in [5.41, 5.74) is 1.47. The van der Waals surface area contributed by atoms with Crippen molar-refractivity contribution in [1.29, 1.82) is 0 Å². The summed E-state index contributed by atoms with van der Waals surface area (Å²) in [4.78, 5) is 34.3. The highest BCUT2D eigenvalue weighted by atomic mass is 16.2. The molecule has 7 nitrogen and oxygen atoms in total. The number of benzene rings is 1. The largest absolute Gasteiger partial charge is 0.355 e. The van der Waals surface area contributed by atoms with Gasteiger partial charge in [-0.2, -0.15) is 0 Å². The lowest BCUT2D eigenvalue weighted by atomic mass is 10.1. The van der Waals surface area contributed by atoms with Crippen LogP contribution in [-0.4, -0.2) is 43.9 Å². The Kier molecular flexibility index (Phi) is 4.89. The minimum atomic E-state index is -0.409. The van der Waals surface area contributed by atoms with Gasteiger partial charge >= 0.3 is 0 Å². The minimum Gasteiger partial charge on any atom is -0.355 e. The van der Waals surface area contributed by atoms with Gasteiger partial charge in [-0.3, -0.25) is 19.7 Å². The fraction of sp³-hybridized carbons (Fsp3) is 0.357. The zero-order chi connectivity index (χ0) is 15.2. The van der Waals surface area contributed by atoms with Gasteiger partial charge in [-0.1, -0.05) is 12.1 Å². The van der Waals surface area contributed by atoms with Crippen molar-refractivity contribution in [2.24, 2.45) is 0 Å². The number of carbonyl (C=O) groups excluding carboxylic acids is 3. The minimum absolute atomic E-state index is 0.108. The van der Waals surface area contributed by atoms with Crippen molar-refractivity contribution in [2.45, 2.75) is 12.6 Å². The highest BCUT2D eigenvalue weighted by Crippen LogP contribution is 2.04. The molecule has 1 heterocycles. The fourth-order valence-corrected chi connectivity index (χ4v) is 1.98. The molecule has 0 saturated carbocycles. The van der Waals surface area contributed by atoms with Crippen molar-refractivity contribution >= 4 is 17.7 Å². The van der Waals surface area contributed by atoms with E-state index in [9.17, 15) is 14.4 Å². The summed E-state index contributed by atoms with van der Waals surface area (Å²) in [7, 11) is 1.58. The standard InChI is InChI=1S/C14H18N4O3/c1-15-13(20)10-4-2-9(3-5-10)6-18-14(21)11-7-17-12(19)8-16-11/h2-5,11,16H,6-8H2,1H3,(H,15,20)(H,17,19)(H,18,21). The van der Waals surface area contributed by atoms with E-state index in [2.05, 4.69) is 21.3 Å². The van der Waals surface area contributed by atoms with Crippen LogP contribution < -0.4 is 21.3 Å². The Balaban J connectivity index is 1.83. The molecule has 1 aromatic rings. The number of amides is 3. The number of hydrogen-bond acceptors (Lipinski definition) is 4. The second-order valence-corrected chi connectivity index (χ2v) is 4.73. The van der Waals surface area contributed by atoms with E-state index < -0.39 is 6.04 Å². The predicted octanol–water partition coefficient (Wildman–Crippen LogP) is -1.25. The molecule has 21 heavy (non-hydrogen) atoms. The molecular formula is C14H18N4O3. The number of hydrogen-bond donors (Lipinski definition) is 4. The van der Waals surface area contributed by atoms with Gasteiger partial charge in [-0.05, 0) is 17.7 Å². The molecule has 3 amide bonds. The third-order valence-electron chi connectivity index (χ3n) is 3.24. The maximum Gasteiger partial charge on any atom is 0.251 e. The first-order valence-corrected chi connectivity index (χ1v) is 6.69. The summed E-state index contributed by atoms with van der Waals surface area (Å²) < 4.78 is 0. The van der Waals surface area contributed by atoms with Crippen LogP contribution in [0.1, 0.15) is 15.9 Å². The molecular weight excluding hydrogens is 272 g/mol. The average Bonchev–Trinajstić information content (AvgIpc) is 2.53. The molecule has 1 aromatic carbocycles. The van der Waals surface area contributed by atoms with Crippen molar-refractivity contribution < 1.29 is 14.4 Å². The van der Waals surface area contributed by atoms with Crippen LogP contribution in [0.25, 0.3) is 0 Å². The summed E-state index contributed by atoms with van der Waals surface area (Å²) in [6.45, 7) is 0.818. The lowest BCUT2D eigenvalue weighted by Gasteiger charge is -2.23. The van der Waals surface area contributed by atoms with E-state index >= 15 is 0 Å². The van der Waals surface area contributed by atoms with Gasteiger partial charge in [0.2, 0.25) is 11.8 Å². The zero-order valence-electron chi connectivity index (χ0n) is 11.7. The van der Waals surface area contributed by atoms with Crippen molar-refractivity contribution in [1.82, 2.24) is 21.3 Å². The monoisotopic (exact) mass is 290 g/mol. The van der Waals surface area contributed by atoms with Crippen molar-refractivity contribution in [3.63, 3.8) is 0 Å². The van der Waals surface area contributed by atoms with E-state index in [0.29, 0.717) is 18.7 Å². The van der Waals surface area contributed by atoms with E-state index in [1.54, 1.807) is 31.3 Å². The first kappa shape index (κ1) is 15.0. The van der Waals surface area contributed by atoms with Gasteiger partial charge in [0.25, 0.3) is 5.91 Å². The van der Waals surface area contributed by atoms with E-state index in [4.69, 9.17) is 0 Å². The quantitative estimate of drug-likeness (QED) is 0.557. The Morgan fingerprint density at radius 1 is 1.29 bits per heavy atom. The van der Waals surface area contributed by atoms with Crippen LogP contribution in [0.5, 0.6) is 0 Å². The fourth-order valence-electron chi connectivity index (χ4n) is 1.98. The SMILES string of the molecule is CNC(=O)c1ccc(CNC(=O)C2CNC(=O)CN2)cc1. The molecule has 1 atom stereocenters. The summed E-state index contributed by atoms with van der Waals surface area (Å²) in [6.07, 6.45) is 0. The molecule has 1 aliphatic heterocycles. The Morgan fingerprint density at radius 3 is 2.57 bits per heavy atom. The molecule has 0 radical (unpaired) electrons. The lowest BCUT2D eigenvalue weighted by molar-refractivity contribution is -0.126. The Labute approximate surface area is 122 Å². The summed E-state index contributed by atoms with van der Waals surface area (Å²) in [6, 6.07) is 6.59. The van der Waals surface area contributed by atoms with Crippen LogP contribution in [0.15, 0.2) is 24.3 Å². The number of nitrogens with one attached hydrogen (secondary N) is 4. The van der Waals surface area contributed by atoms with E-state index in [1.807, 2.05) is 0 Å². The van der Waals surface area contributed by atoms with E-state index in [-0.39, 0.29) is 24.3 Å². The molecule has 7 heteroatoms. The van der Waals surface area contributed by atoms with Gasteiger partial charge in [-0.25, -0.2) is 0 Å². The van der Waals surface area contributed by atoms with E-state index in [1.165, 1.54) is 0 Å². The molecule has 112 valence electrons. The smallest absolute Gasteiger partial charge is 0.251 e. The van der Waals surface area contributed by atoms with E-state index in [0.717, 1.165) is 5.56 Å². The van der Waals surface area contributed by atoms with Crippen LogP contribution in [0.3, 0.4) is 0 Å². The first-order valence-electron chi connectivity index (χ1n) is 6.69. The Hall–Kier alpha value is -2.41. The normalized spacial score (nSPS) is 17.8. The lowest BCUT2D eigenvalue weighted by Crippen LogP contribution is -2.57. The summed E-state index contributed by atoms with van der Waals surface area (Å²) in [5.74, 6) is -0.415. The molecule has 1 unspecified atom stereocenters. The van der Waals surface area contributed by atoms with Crippen molar-refractivity contribution in [2.75, 3.05) is 20.1 Å². The zero-order valence-corrected chi connectivity index (χ0v) is 11.7. The highest BCUT2D eigenvalue weighted by molar-refractivity contribution is 5.94. The van der Waals surface area contributed by atoms with Gasteiger partial charge in [0.1, 0.15) is 6.04 Å². The van der Waals surface area contributed by atoms with Crippen LogP contribution in [0, 0.1) is 0 Å². The number of rotatable bonds is 4. The van der Waals surface area contributed by atoms with Gasteiger partial charge in [0.15, 0.2) is 0 Å². The molecule has 0 aromatic heterocycles. The van der Waals surface area contributed by atoms with Crippen molar-refractivity contribution in [3.8, 4) is 0 Å². The third-order valence-corrected chi connectivity index (χ3v) is 3.24. The van der Waals surface area contributed by atoms with Gasteiger partial charge in [0.05, 0.1) is 6.54 Å². The summed E-state index contributed by atoms with van der Waals surface area (Å²) in [5, 5.41) is 10.8. The maximum absolute atomic E-state index is 11.9. The van der Waals surface area contributed by atoms with Crippen molar-refractivity contribution in [3.05, 3.63) is 35.4 Å². The number of carbonyl (C=O) groups is 3. The Bertz CT molecular complexity index is 532. The molecule has 4 N–H and O–H groups in total. The molecule has 0 spiro atoms. The molecule has 1 aliphatic rings. The molecule has 1 saturated heterocycles. The number of piperazine rings is 1. The molecule has 0 bridgehead atoms. The van der Waals surface area contributed by atoms with Gasteiger partial charge in [-0.15, -0.1) is 0 Å². The van der Waals surface area contributed by atoms with Crippen LogP contribution in [0.2, 0.25) is 0 Å². The van der Waals surface area contributed by atoms with Gasteiger partial charge < -0.3 is 16.0 Å². The second kappa shape index (κ2) is 6.85. The van der Waals surface area contributed by atoms with Crippen LogP contribution in [-0.2, 0) is 16.1 Å². The third kappa shape index (κ3) is 4.03. The van der Waals surface area contributed by atoms with Crippen LogP contribution >= 0.6 is 0 Å². The second-order valence-electron chi connectivity index (χ2n) is 4.73.